The molecule has 0 bridgehead atoms. The molecule has 2 aromatic carbocycles. The Morgan fingerprint density at radius 1 is 1.03 bits per heavy atom. The first-order valence-corrected chi connectivity index (χ1v) is 9.96. The number of furan rings is 1. The van der Waals surface area contributed by atoms with E-state index in [9.17, 15) is 4.79 Å². The summed E-state index contributed by atoms with van der Waals surface area (Å²) >= 11 is 0. The molecule has 0 saturated carbocycles. The Hall–Kier alpha value is -3.11. The summed E-state index contributed by atoms with van der Waals surface area (Å²) in [5.74, 6) is 2.06. The van der Waals surface area contributed by atoms with E-state index in [4.69, 9.17) is 4.42 Å². The lowest BCUT2D eigenvalue weighted by Gasteiger charge is -2.26. The Labute approximate surface area is 172 Å². The van der Waals surface area contributed by atoms with Crippen molar-refractivity contribution in [2.75, 3.05) is 20.6 Å². The fraction of sp³-hybridized carbons (Fsp3) is 0.240. The van der Waals surface area contributed by atoms with Crippen LogP contribution in [0.2, 0.25) is 0 Å². The molecule has 29 heavy (non-hydrogen) atoms. The first kappa shape index (κ1) is 19.2. The highest BCUT2D eigenvalue weighted by molar-refractivity contribution is 5.94. The highest BCUT2D eigenvalue weighted by atomic mass is 16.3. The average Bonchev–Trinajstić information content (AvgIpc) is 3.13. The van der Waals surface area contributed by atoms with Gasteiger partial charge in [0.05, 0.1) is 6.54 Å². The van der Waals surface area contributed by atoms with Crippen molar-refractivity contribution in [2.45, 2.75) is 19.5 Å². The molecule has 1 amide bonds. The zero-order chi connectivity index (χ0) is 20.2. The summed E-state index contributed by atoms with van der Waals surface area (Å²) in [4.78, 5) is 16.9. The third-order valence-electron chi connectivity index (χ3n) is 5.10. The van der Waals surface area contributed by atoms with E-state index in [1.807, 2.05) is 61.5 Å². The van der Waals surface area contributed by atoms with E-state index in [1.165, 1.54) is 0 Å². The van der Waals surface area contributed by atoms with Crippen LogP contribution in [0.5, 0.6) is 0 Å². The second kappa shape index (κ2) is 8.50. The lowest BCUT2D eigenvalue weighted by Crippen LogP contribution is -2.35. The van der Waals surface area contributed by atoms with Gasteiger partial charge in [-0.2, -0.15) is 0 Å². The van der Waals surface area contributed by atoms with Gasteiger partial charge in [-0.25, -0.2) is 0 Å². The molecular formula is C25H26N2O2. The lowest BCUT2D eigenvalue weighted by atomic mass is 10.1. The minimum atomic E-state index is 0.0737. The van der Waals surface area contributed by atoms with E-state index in [0.717, 1.165) is 46.7 Å². The van der Waals surface area contributed by atoms with Crippen molar-refractivity contribution >= 4 is 18.1 Å². The van der Waals surface area contributed by atoms with Crippen molar-refractivity contribution in [1.82, 2.24) is 9.80 Å². The van der Waals surface area contributed by atoms with E-state index in [2.05, 4.69) is 35.3 Å². The molecule has 2 heterocycles. The molecule has 1 aromatic heterocycles. The zero-order valence-corrected chi connectivity index (χ0v) is 17.0. The van der Waals surface area contributed by atoms with Gasteiger partial charge in [0.25, 0.3) is 5.91 Å². The first-order valence-electron chi connectivity index (χ1n) is 9.96. The highest BCUT2D eigenvalue weighted by Crippen LogP contribution is 2.25. The van der Waals surface area contributed by atoms with Crippen LogP contribution in [0.3, 0.4) is 0 Å². The molecule has 0 N–H and O–H groups in total. The molecule has 0 aliphatic carbocycles. The summed E-state index contributed by atoms with van der Waals surface area (Å²) in [5.41, 5.74) is 4.09. The monoisotopic (exact) mass is 386 g/mol. The van der Waals surface area contributed by atoms with Gasteiger partial charge < -0.3 is 14.2 Å². The minimum absolute atomic E-state index is 0.0737. The number of carbonyl (C=O) groups excluding carboxylic acids is 1. The topological polar surface area (TPSA) is 36.7 Å². The number of hydrogen-bond acceptors (Lipinski definition) is 3. The van der Waals surface area contributed by atoms with E-state index < -0.39 is 0 Å². The number of carbonyl (C=O) groups is 1. The van der Waals surface area contributed by atoms with E-state index in [1.54, 1.807) is 0 Å². The summed E-state index contributed by atoms with van der Waals surface area (Å²) in [5, 5.41) is 0. The third-order valence-corrected chi connectivity index (χ3v) is 5.10. The van der Waals surface area contributed by atoms with Crippen molar-refractivity contribution in [3.63, 3.8) is 0 Å². The fourth-order valence-electron chi connectivity index (χ4n) is 3.63. The fourth-order valence-corrected chi connectivity index (χ4v) is 3.63. The molecule has 0 saturated heterocycles. The van der Waals surface area contributed by atoms with Gasteiger partial charge in [0.15, 0.2) is 0 Å². The van der Waals surface area contributed by atoms with Gasteiger partial charge >= 0.3 is 0 Å². The van der Waals surface area contributed by atoms with Crippen LogP contribution < -0.4 is 0 Å². The molecule has 4 nitrogen and oxygen atoms in total. The van der Waals surface area contributed by atoms with Gasteiger partial charge in [-0.1, -0.05) is 54.6 Å². The second-order valence-electron chi connectivity index (χ2n) is 7.74. The molecule has 0 atom stereocenters. The minimum Gasteiger partial charge on any atom is -0.464 e. The molecule has 1 aliphatic rings. The van der Waals surface area contributed by atoms with Gasteiger partial charge in [-0.05, 0) is 43.4 Å². The molecule has 1 aliphatic heterocycles. The van der Waals surface area contributed by atoms with E-state index in [0.29, 0.717) is 13.1 Å². The highest BCUT2D eigenvalue weighted by Gasteiger charge is 2.25. The Kier molecular flexibility index (Phi) is 5.63. The molecule has 0 radical (unpaired) electrons. The van der Waals surface area contributed by atoms with Crippen molar-refractivity contribution in [1.29, 1.82) is 0 Å². The average molecular weight is 386 g/mol. The SMILES string of the molecule is CN(C)Cc1cc2c(o1)CCN(C(=O)c1ccc(/C=C/c3ccccc3)cc1)C2. The molecule has 3 aromatic rings. The summed E-state index contributed by atoms with van der Waals surface area (Å²) < 4.78 is 5.94. The van der Waals surface area contributed by atoms with Gasteiger partial charge in [-0.15, -0.1) is 0 Å². The van der Waals surface area contributed by atoms with Crippen LogP contribution in [0.1, 0.15) is 38.6 Å². The molecular weight excluding hydrogens is 360 g/mol. The normalized spacial score (nSPS) is 13.8. The summed E-state index contributed by atoms with van der Waals surface area (Å²) in [7, 11) is 4.05. The standard InChI is InChI=1S/C25H26N2O2/c1-26(2)18-23-16-22-17-27(15-14-24(22)29-23)25(28)21-12-10-20(11-13-21)9-8-19-6-4-3-5-7-19/h3-13,16H,14-15,17-18H2,1-2H3/b9-8+. The number of rotatable bonds is 5. The van der Waals surface area contributed by atoms with Crippen molar-refractivity contribution < 1.29 is 9.21 Å². The molecule has 4 heteroatoms. The van der Waals surface area contributed by atoms with Crippen LogP contribution in [0.4, 0.5) is 0 Å². The molecule has 0 spiro atoms. The van der Waals surface area contributed by atoms with E-state index in [-0.39, 0.29) is 5.91 Å². The number of nitrogens with zero attached hydrogens (tertiary/aromatic N) is 2. The van der Waals surface area contributed by atoms with Crippen LogP contribution >= 0.6 is 0 Å². The van der Waals surface area contributed by atoms with Crippen LogP contribution in [0.15, 0.2) is 65.1 Å². The van der Waals surface area contributed by atoms with Gasteiger partial charge in [-0.3, -0.25) is 4.79 Å². The summed E-state index contributed by atoms with van der Waals surface area (Å²) in [6.45, 7) is 2.08. The quantitative estimate of drug-likeness (QED) is 0.596. The first-order chi connectivity index (χ1) is 14.1. The van der Waals surface area contributed by atoms with Gasteiger partial charge in [0.2, 0.25) is 0 Å². The van der Waals surface area contributed by atoms with Crippen LogP contribution in [-0.4, -0.2) is 36.3 Å². The molecule has 148 valence electrons. The Morgan fingerprint density at radius 3 is 2.41 bits per heavy atom. The zero-order valence-electron chi connectivity index (χ0n) is 17.0. The maximum absolute atomic E-state index is 13.0. The second-order valence-corrected chi connectivity index (χ2v) is 7.74. The Morgan fingerprint density at radius 2 is 1.72 bits per heavy atom. The van der Waals surface area contributed by atoms with E-state index >= 15 is 0 Å². The number of benzene rings is 2. The number of hydrogen-bond donors (Lipinski definition) is 0. The van der Waals surface area contributed by atoms with Crippen molar-refractivity contribution in [3.05, 3.63) is 94.4 Å². The predicted octanol–water partition coefficient (Wildman–Crippen LogP) is 4.71. The van der Waals surface area contributed by atoms with Crippen LogP contribution in [0.25, 0.3) is 12.2 Å². The molecule has 4 rings (SSSR count). The largest absolute Gasteiger partial charge is 0.464 e. The molecule has 0 fully saturated rings. The third kappa shape index (κ3) is 4.66. The van der Waals surface area contributed by atoms with Gasteiger partial charge in [0.1, 0.15) is 11.5 Å². The Bertz CT molecular complexity index is 1000. The number of amides is 1. The maximum Gasteiger partial charge on any atom is 0.254 e. The molecule has 0 unspecified atom stereocenters. The Balaban J connectivity index is 1.42. The maximum atomic E-state index is 13.0. The summed E-state index contributed by atoms with van der Waals surface area (Å²) in [6, 6.07) is 20.1. The van der Waals surface area contributed by atoms with Crippen molar-refractivity contribution in [2.24, 2.45) is 0 Å². The van der Waals surface area contributed by atoms with Crippen LogP contribution in [-0.2, 0) is 19.5 Å². The van der Waals surface area contributed by atoms with Crippen LogP contribution in [0, 0.1) is 0 Å². The van der Waals surface area contributed by atoms with Gasteiger partial charge in [0, 0.05) is 30.6 Å². The predicted molar refractivity (Wildman–Crippen MR) is 116 cm³/mol. The summed E-state index contributed by atoms with van der Waals surface area (Å²) in [6.07, 6.45) is 4.91. The van der Waals surface area contributed by atoms with Crippen molar-refractivity contribution in [3.8, 4) is 0 Å². The lowest BCUT2D eigenvalue weighted by molar-refractivity contribution is 0.0729. The smallest absolute Gasteiger partial charge is 0.254 e. The number of fused-ring (bicyclic) bond motifs is 1.